The Balaban J connectivity index is 2.23. The summed E-state index contributed by atoms with van der Waals surface area (Å²) in [5.74, 6) is 0.0529. The second-order valence-electron chi connectivity index (χ2n) is 6.00. The summed E-state index contributed by atoms with van der Waals surface area (Å²) in [4.78, 5) is 0. The molecule has 4 heteroatoms. The predicted molar refractivity (Wildman–Crippen MR) is 65.6 cm³/mol. The Hall–Kier alpha value is -0.160. The summed E-state index contributed by atoms with van der Waals surface area (Å²) >= 11 is 0. The van der Waals surface area contributed by atoms with Crippen LogP contribution in [0.4, 0.5) is 0 Å². The summed E-state index contributed by atoms with van der Waals surface area (Å²) in [6.45, 7) is 9.20. The molecule has 1 heterocycles. The van der Waals surface area contributed by atoms with Crippen LogP contribution in [0.2, 0.25) is 0 Å². The third-order valence-corrected chi connectivity index (χ3v) is 3.25. The van der Waals surface area contributed by atoms with Crippen molar-refractivity contribution in [2.24, 2.45) is 11.3 Å². The zero-order chi connectivity index (χ0) is 13.1. The molecule has 0 bridgehead atoms. The lowest BCUT2D eigenvalue weighted by molar-refractivity contribution is -0.225. The molecule has 0 aromatic rings. The quantitative estimate of drug-likeness (QED) is 0.772. The average molecular weight is 246 g/mol. The number of hydrogen-bond acceptors (Lipinski definition) is 4. The van der Waals surface area contributed by atoms with Crippen molar-refractivity contribution in [3.05, 3.63) is 0 Å². The Bertz CT molecular complexity index is 217. The van der Waals surface area contributed by atoms with Crippen LogP contribution in [0.5, 0.6) is 0 Å². The molecule has 0 amide bonds. The van der Waals surface area contributed by atoms with Gasteiger partial charge in [0.1, 0.15) is 0 Å². The van der Waals surface area contributed by atoms with Crippen LogP contribution in [-0.2, 0) is 9.47 Å². The van der Waals surface area contributed by atoms with E-state index in [1.54, 1.807) is 6.92 Å². The van der Waals surface area contributed by atoms with Gasteiger partial charge in [-0.15, -0.1) is 0 Å². The van der Waals surface area contributed by atoms with Crippen LogP contribution in [0.3, 0.4) is 0 Å². The minimum absolute atomic E-state index is 0.0529. The first-order chi connectivity index (χ1) is 7.82. The lowest BCUT2D eigenvalue weighted by atomic mass is 9.94. The van der Waals surface area contributed by atoms with Gasteiger partial charge in [0.05, 0.1) is 25.4 Å². The minimum Gasteiger partial charge on any atom is -0.391 e. The Kier molecular flexibility index (Phi) is 5.38. The van der Waals surface area contributed by atoms with Crippen molar-refractivity contribution in [3.63, 3.8) is 0 Å². The highest BCUT2D eigenvalue weighted by atomic mass is 16.7. The van der Waals surface area contributed by atoms with Crippen LogP contribution in [0, 0.1) is 11.3 Å². The smallest absolute Gasteiger partial charge is 0.157 e. The molecule has 0 saturated carbocycles. The van der Waals surface area contributed by atoms with E-state index in [1.165, 1.54) is 0 Å². The molecule has 4 nitrogen and oxygen atoms in total. The van der Waals surface area contributed by atoms with Gasteiger partial charge in [0.2, 0.25) is 0 Å². The fourth-order valence-electron chi connectivity index (χ4n) is 1.94. The summed E-state index contributed by atoms with van der Waals surface area (Å²) < 4.78 is 11.2. The fourth-order valence-corrected chi connectivity index (χ4v) is 1.94. The summed E-state index contributed by atoms with van der Waals surface area (Å²) in [5.41, 5.74) is 0.0985. The molecule has 1 aliphatic rings. The Morgan fingerprint density at radius 1 is 1.18 bits per heavy atom. The SMILES string of the molecule is C[C@H](O)[C@@H](O)[C@@H](C)CCC1OCC(C)(C)CO1. The molecule has 0 aromatic heterocycles. The van der Waals surface area contributed by atoms with Crippen molar-refractivity contribution in [3.8, 4) is 0 Å². The molecule has 0 aromatic carbocycles. The standard InChI is InChI=1S/C13H26O4/c1-9(12(15)10(2)14)5-6-11-16-7-13(3,4)8-17-11/h9-12,14-15H,5-8H2,1-4H3/t9-,10-,12-/m0/s1. The molecule has 0 radical (unpaired) electrons. The van der Waals surface area contributed by atoms with Gasteiger partial charge < -0.3 is 19.7 Å². The molecule has 102 valence electrons. The molecule has 1 aliphatic heterocycles. The average Bonchev–Trinajstić information content (AvgIpc) is 2.26. The van der Waals surface area contributed by atoms with Crippen molar-refractivity contribution in [2.75, 3.05) is 13.2 Å². The number of hydrogen-bond donors (Lipinski definition) is 2. The number of aliphatic hydroxyl groups excluding tert-OH is 2. The third kappa shape index (κ3) is 4.92. The normalized spacial score (nSPS) is 26.5. The third-order valence-electron chi connectivity index (χ3n) is 3.25. The van der Waals surface area contributed by atoms with Gasteiger partial charge in [-0.25, -0.2) is 0 Å². The van der Waals surface area contributed by atoms with E-state index in [0.717, 1.165) is 12.8 Å². The Morgan fingerprint density at radius 3 is 2.18 bits per heavy atom. The molecular formula is C13H26O4. The number of rotatable bonds is 5. The van der Waals surface area contributed by atoms with Gasteiger partial charge in [-0.3, -0.25) is 0 Å². The maximum Gasteiger partial charge on any atom is 0.157 e. The van der Waals surface area contributed by atoms with Crippen molar-refractivity contribution >= 4 is 0 Å². The van der Waals surface area contributed by atoms with E-state index in [4.69, 9.17) is 9.47 Å². The van der Waals surface area contributed by atoms with Crippen LogP contribution in [-0.4, -0.2) is 41.9 Å². The maximum absolute atomic E-state index is 9.68. The fraction of sp³-hybridized carbons (Fsp3) is 1.00. The summed E-state index contributed by atoms with van der Waals surface area (Å²) in [5, 5.41) is 19.0. The number of aliphatic hydroxyl groups is 2. The molecule has 1 rings (SSSR count). The second kappa shape index (κ2) is 6.14. The van der Waals surface area contributed by atoms with E-state index in [9.17, 15) is 10.2 Å². The lowest BCUT2D eigenvalue weighted by Gasteiger charge is -2.35. The monoisotopic (exact) mass is 246 g/mol. The maximum atomic E-state index is 9.68. The summed E-state index contributed by atoms with van der Waals surface area (Å²) in [6, 6.07) is 0. The van der Waals surface area contributed by atoms with Gasteiger partial charge in [-0.2, -0.15) is 0 Å². The first-order valence-electron chi connectivity index (χ1n) is 6.41. The molecule has 0 spiro atoms. The zero-order valence-corrected chi connectivity index (χ0v) is 11.3. The first kappa shape index (κ1) is 14.9. The molecule has 3 atom stereocenters. The van der Waals surface area contributed by atoms with Gasteiger partial charge in [-0.05, 0) is 25.7 Å². The summed E-state index contributed by atoms with van der Waals surface area (Å²) in [6.07, 6.45) is 0.0388. The van der Waals surface area contributed by atoms with Crippen LogP contribution >= 0.6 is 0 Å². The van der Waals surface area contributed by atoms with Gasteiger partial charge >= 0.3 is 0 Å². The van der Waals surface area contributed by atoms with Gasteiger partial charge in [0, 0.05) is 5.41 Å². The Labute approximate surface area is 104 Å². The second-order valence-corrected chi connectivity index (χ2v) is 6.00. The highest BCUT2D eigenvalue weighted by Gasteiger charge is 2.29. The number of ether oxygens (including phenoxy) is 2. The van der Waals surface area contributed by atoms with E-state index in [-0.39, 0.29) is 17.6 Å². The topological polar surface area (TPSA) is 58.9 Å². The van der Waals surface area contributed by atoms with E-state index < -0.39 is 12.2 Å². The Morgan fingerprint density at radius 2 is 1.71 bits per heavy atom. The zero-order valence-electron chi connectivity index (χ0n) is 11.3. The van der Waals surface area contributed by atoms with E-state index in [2.05, 4.69) is 13.8 Å². The highest BCUT2D eigenvalue weighted by Crippen LogP contribution is 2.26. The van der Waals surface area contributed by atoms with Crippen molar-refractivity contribution in [1.29, 1.82) is 0 Å². The van der Waals surface area contributed by atoms with Crippen molar-refractivity contribution < 1.29 is 19.7 Å². The van der Waals surface area contributed by atoms with E-state index in [0.29, 0.717) is 13.2 Å². The van der Waals surface area contributed by atoms with Crippen molar-refractivity contribution in [1.82, 2.24) is 0 Å². The van der Waals surface area contributed by atoms with Gasteiger partial charge in [-0.1, -0.05) is 20.8 Å². The summed E-state index contributed by atoms with van der Waals surface area (Å²) in [7, 11) is 0. The van der Waals surface area contributed by atoms with Gasteiger partial charge in [0.25, 0.3) is 0 Å². The van der Waals surface area contributed by atoms with Crippen LogP contribution < -0.4 is 0 Å². The molecule has 2 N–H and O–H groups in total. The molecule has 0 aliphatic carbocycles. The largest absolute Gasteiger partial charge is 0.391 e. The highest BCUT2D eigenvalue weighted by molar-refractivity contribution is 4.73. The molecule has 1 fully saturated rings. The predicted octanol–water partition coefficient (Wildman–Crippen LogP) is 1.54. The van der Waals surface area contributed by atoms with Crippen molar-refractivity contribution in [2.45, 2.75) is 59.0 Å². The molecule has 17 heavy (non-hydrogen) atoms. The van der Waals surface area contributed by atoms with Crippen LogP contribution in [0.25, 0.3) is 0 Å². The lowest BCUT2D eigenvalue weighted by Crippen LogP contribution is -2.38. The van der Waals surface area contributed by atoms with E-state index >= 15 is 0 Å². The van der Waals surface area contributed by atoms with E-state index in [1.807, 2.05) is 6.92 Å². The molecule has 0 unspecified atom stereocenters. The minimum atomic E-state index is -0.683. The first-order valence-corrected chi connectivity index (χ1v) is 6.41. The molecule has 1 saturated heterocycles. The van der Waals surface area contributed by atoms with Crippen LogP contribution in [0.1, 0.15) is 40.5 Å². The van der Waals surface area contributed by atoms with Crippen LogP contribution in [0.15, 0.2) is 0 Å². The van der Waals surface area contributed by atoms with Gasteiger partial charge in [0.15, 0.2) is 6.29 Å². The molecular weight excluding hydrogens is 220 g/mol.